The van der Waals surface area contributed by atoms with Gasteiger partial charge in [-0.15, -0.1) is 0 Å². The molecule has 0 saturated carbocycles. The first-order valence-corrected chi connectivity index (χ1v) is 9.54. The fourth-order valence-electron chi connectivity index (χ4n) is 3.55. The molecule has 2 heterocycles. The molecule has 0 spiro atoms. The van der Waals surface area contributed by atoms with Gasteiger partial charge in [0.1, 0.15) is 5.69 Å². The summed E-state index contributed by atoms with van der Waals surface area (Å²) in [7, 11) is 1.75. The quantitative estimate of drug-likeness (QED) is 0.772. The van der Waals surface area contributed by atoms with Crippen molar-refractivity contribution in [2.75, 3.05) is 32.8 Å². The fraction of sp³-hybridized carbons (Fsp3) is 0.476. The van der Waals surface area contributed by atoms with E-state index < -0.39 is 0 Å². The van der Waals surface area contributed by atoms with Gasteiger partial charge in [-0.1, -0.05) is 12.1 Å². The molecule has 1 aliphatic heterocycles. The number of carbonyl (C=O) groups is 2. The SMILES string of the molecule is CC(=O)c1c(-c2ccc(C(=O)NCC(C)(C)N3CCOCC3)cc2)cnn1C. The van der Waals surface area contributed by atoms with Gasteiger partial charge in [0.2, 0.25) is 0 Å². The molecule has 3 rings (SSSR count). The summed E-state index contributed by atoms with van der Waals surface area (Å²) in [5.41, 5.74) is 2.66. The van der Waals surface area contributed by atoms with Crippen LogP contribution in [0.15, 0.2) is 30.5 Å². The number of carbonyl (C=O) groups excluding carboxylic acids is 2. The molecule has 1 amide bonds. The topological polar surface area (TPSA) is 76.5 Å². The molecule has 1 aliphatic rings. The van der Waals surface area contributed by atoms with Crippen LogP contribution in [0, 0.1) is 0 Å². The lowest BCUT2D eigenvalue weighted by molar-refractivity contribution is -0.00923. The van der Waals surface area contributed by atoms with Crippen molar-refractivity contribution in [3.05, 3.63) is 41.7 Å². The monoisotopic (exact) mass is 384 g/mol. The predicted octanol–water partition coefficient (Wildman–Crippen LogP) is 2.13. The Kier molecular flexibility index (Phi) is 5.96. The third-order valence-corrected chi connectivity index (χ3v) is 5.28. The van der Waals surface area contributed by atoms with Crippen LogP contribution in [-0.2, 0) is 11.8 Å². The molecule has 1 N–H and O–H groups in total. The van der Waals surface area contributed by atoms with Crippen molar-refractivity contribution < 1.29 is 14.3 Å². The number of amides is 1. The van der Waals surface area contributed by atoms with Crippen molar-refractivity contribution >= 4 is 11.7 Å². The number of aryl methyl sites for hydroxylation is 1. The molecule has 0 unspecified atom stereocenters. The Labute approximate surface area is 165 Å². The average Bonchev–Trinajstić information content (AvgIpc) is 3.09. The summed E-state index contributed by atoms with van der Waals surface area (Å²) < 4.78 is 6.98. The number of nitrogens with zero attached hydrogens (tertiary/aromatic N) is 3. The summed E-state index contributed by atoms with van der Waals surface area (Å²) in [5, 5.41) is 7.21. The van der Waals surface area contributed by atoms with Crippen molar-refractivity contribution in [2.45, 2.75) is 26.3 Å². The largest absolute Gasteiger partial charge is 0.379 e. The van der Waals surface area contributed by atoms with Crippen molar-refractivity contribution in [2.24, 2.45) is 7.05 Å². The van der Waals surface area contributed by atoms with Crippen LogP contribution in [0.25, 0.3) is 11.1 Å². The maximum Gasteiger partial charge on any atom is 0.251 e. The molecule has 1 fully saturated rings. The Bertz CT molecular complexity index is 849. The van der Waals surface area contributed by atoms with Gasteiger partial charge in [0.15, 0.2) is 5.78 Å². The van der Waals surface area contributed by atoms with Gasteiger partial charge in [0, 0.05) is 50.3 Å². The van der Waals surface area contributed by atoms with Crippen LogP contribution in [0.5, 0.6) is 0 Å². The van der Waals surface area contributed by atoms with Crippen LogP contribution >= 0.6 is 0 Å². The van der Waals surface area contributed by atoms with Crippen molar-refractivity contribution in [1.29, 1.82) is 0 Å². The molecule has 150 valence electrons. The highest BCUT2D eigenvalue weighted by molar-refractivity contribution is 5.99. The first-order chi connectivity index (χ1) is 13.3. The summed E-state index contributed by atoms with van der Waals surface area (Å²) in [5.74, 6) is -0.145. The number of Topliss-reactive ketones (excluding diaryl/α,β-unsaturated/α-hetero) is 1. The first-order valence-electron chi connectivity index (χ1n) is 9.54. The molecule has 2 aromatic rings. The lowest BCUT2D eigenvalue weighted by atomic mass is 10.0. The second kappa shape index (κ2) is 8.24. The minimum absolute atomic E-state index is 0.0397. The Morgan fingerprint density at radius 2 is 1.82 bits per heavy atom. The number of hydrogen-bond acceptors (Lipinski definition) is 5. The highest BCUT2D eigenvalue weighted by atomic mass is 16.5. The van der Waals surface area contributed by atoms with Crippen molar-refractivity contribution in [3.8, 4) is 11.1 Å². The van der Waals surface area contributed by atoms with E-state index in [1.165, 1.54) is 6.92 Å². The van der Waals surface area contributed by atoms with Crippen LogP contribution in [0.3, 0.4) is 0 Å². The van der Waals surface area contributed by atoms with Gasteiger partial charge in [0.05, 0.1) is 19.4 Å². The highest BCUT2D eigenvalue weighted by Crippen LogP contribution is 2.24. The molecule has 7 heteroatoms. The highest BCUT2D eigenvalue weighted by Gasteiger charge is 2.28. The third kappa shape index (κ3) is 4.31. The fourth-order valence-corrected chi connectivity index (χ4v) is 3.55. The summed E-state index contributed by atoms with van der Waals surface area (Å²) in [4.78, 5) is 26.8. The summed E-state index contributed by atoms with van der Waals surface area (Å²) in [6.07, 6.45) is 1.68. The number of nitrogens with one attached hydrogen (secondary N) is 1. The third-order valence-electron chi connectivity index (χ3n) is 5.28. The van der Waals surface area contributed by atoms with Gasteiger partial charge in [-0.25, -0.2) is 0 Å². The van der Waals surface area contributed by atoms with Gasteiger partial charge in [-0.05, 0) is 31.5 Å². The number of benzene rings is 1. The van der Waals surface area contributed by atoms with E-state index in [-0.39, 0.29) is 17.2 Å². The normalized spacial score (nSPS) is 15.4. The Morgan fingerprint density at radius 3 is 2.43 bits per heavy atom. The van der Waals surface area contributed by atoms with Gasteiger partial charge >= 0.3 is 0 Å². The van der Waals surface area contributed by atoms with E-state index >= 15 is 0 Å². The van der Waals surface area contributed by atoms with Crippen LogP contribution < -0.4 is 5.32 Å². The van der Waals surface area contributed by atoms with E-state index in [2.05, 4.69) is 29.2 Å². The second-order valence-electron chi connectivity index (χ2n) is 7.76. The summed E-state index contributed by atoms with van der Waals surface area (Å²) in [6, 6.07) is 7.27. The summed E-state index contributed by atoms with van der Waals surface area (Å²) in [6.45, 7) is 9.57. The van der Waals surface area contributed by atoms with E-state index in [4.69, 9.17) is 4.74 Å². The van der Waals surface area contributed by atoms with E-state index in [1.54, 1.807) is 30.1 Å². The van der Waals surface area contributed by atoms with E-state index in [0.29, 0.717) is 17.8 Å². The molecule has 0 atom stereocenters. The molecule has 28 heavy (non-hydrogen) atoms. The lowest BCUT2D eigenvalue weighted by Crippen LogP contribution is -2.55. The van der Waals surface area contributed by atoms with Gasteiger partial charge in [-0.3, -0.25) is 19.2 Å². The number of ketones is 1. The van der Waals surface area contributed by atoms with E-state index in [1.807, 2.05) is 12.1 Å². The van der Waals surface area contributed by atoms with E-state index in [0.717, 1.165) is 37.4 Å². The Morgan fingerprint density at radius 1 is 1.18 bits per heavy atom. The molecule has 0 radical (unpaired) electrons. The first kappa shape index (κ1) is 20.2. The minimum atomic E-state index is -0.133. The van der Waals surface area contributed by atoms with Crippen LogP contribution in [0.1, 0.15) is 41.6 Å². The number of hydrogen-bond donors (Lipinski definition) is 1. The smallest absolute Gasteiger partial charge is 0.251 e. The zero-order valence-electron chi connectivity index (χ0n) is 17.0. The van der Waals surface area contributed by atoms with E-state index in [9.17, 15) is 9.59 Å². The molecular formula is C21H28N4O3. The lowest BCUT2D eigenvalue weighted by Gasteiger charge is -2.40. The predicted molar refractivity (Wildman–Crippen MR) is 107 cm³/mol. The number of morpholine rings is 1. The maximum absolute atomic E-state index is 12.6. The number of aromatic nitrogens is 2. The van der Waals surface area contributed by atoms with Crippen LogP contribution in [0.2, 0.25) is 0 Å². The average molecular weight is 384 g/mol. The molecule has 1 aromatic heterocycles. The summed E-state index contributed by atoms with van der Waals surface area (Å²) >= 11 is 0. The molecular weight excluding hydrogens is 356 g/mol. The second-order valence-corrected chi connectivity index (χ2v) is 7.76. The Hall–Kier alpha value is -2.51. The van der Waals surface area contributed by atoms with Crippen molar-refractivity contribution in [3.63, 3.8) is 0 Å². The van der Waals surface area contributed by atoms with Crippen molar-refractivity contribution in [1.82, 2.24) is 20.0 Å². The zero-order valence-corrected chi connectivity index (χ0v) is 17.0. The van der Waals surface area contributed by atoms with Gasteiger partial charge < -0.3 is 10.1 Å². The van der Waals surface area contributed by atoms with Gasteiger partial charge in [-0.2, -0.15) is 5.10 Å². The number of ether oxygens (including phenoxy) is 1. The molecule has 0 bridgehead atoms. The molecule has 1 saturated heterocycles. The standard InChI is InChI=1S/C21H28N4O3/c1-15(26)19-18(13-23-24(19)4)16-5-7-17(8-6-16)20(27)22-14-21(2,3)25-9-11-28-12-10-25/h5-8,13H,9-12,14H2,1-4H3,(H,22,27). The van der Waals surface area contributed by atoms with Gasteiger partial charge in [0.25, 0.3) is 5.91 Å². The maximum atomic E-state index is 12.6. The van der Waals surface area contributed by atoms with Crippen LogP contribution in [0.4, 0.5) is 0 Å². The molecule has 7 nitrogen and oxygen atoms in total. The molecule has 0 aliphatic carbocycles. The molecule has 1 aromatic carbocycles. The van der Waals surface area contributed by atoms with Crippen LogP contribution in [-0.4, -0.2) is 64.8 Å². The number of rotatable bonds is 6. The Balaban J connectivity index is 1.66. The zero-order chi connectivity index (χ0) is 20.3. The minimum Gasteiger partial charge on any atom is -0.379 e.